The van der Waals surface area contributed by atoms with Gasteiger partial charge in [-0.2, -0.15) is 0 Å². The van der Waals surface area contributed by atoms with E-state index >= 15 is 0 Å². The number of hydrogen-bond acceptors (Lipinski definition) is 3. The van der Waals surface area contributed by atoms with Gasteiger partial charge in [-0.3, -0.25) is 0 Å². The molecule has 1 aromatic rings. The Morgan fingerprint density at radius 2 is 2.00 bits per heavy atom. The molecular formula is C7H8BClO3. The molecule has 0 atom stereocenters. The highest BCUT2D eigenvalue weighted by atomic mass is 35.5. The molecule has 0 radical (unpaired) electrons. The van der Waals surface area contributed by atoms with E-state index in [4.69, 9.17) is 26.8 Å². The van der Waals surface area contributed by atoms with Gasteiger partial charge in [0.15, 0.2) is 0 Å². The van der Waals surface area contributed by atoms with Crippen LogP contribution in [0.15, 0.2) is 18.2 Å². The second-order valence-electron chi connectivity index (χ2n) is 2.35. The Bertz CT molecular complexity index is 277. The van der Waals surface area contributed by atoms with Crippen molar-refractivity contribution in [2.45, 2.75) is 6.61 Å². The summed E-state index contributed by atoms with van der Waals surface area (Å²) >= 11 is 5.72. The Morgan fingerprint density at radius 3 is 2.50 bits per heavy atom. The van der Waals surface area contributed by atoms with E-state index in [0.717, 1.165) is 0 Å². The van der Waals surface area contributed by atoms with Crippen LogP contribution in [-0.4, -0.2) is 22.3 Å². The van der Waals surface area contributed by atoms with Crippen molar-refractivity contribution in [3.8, 4) is 0 Å². The van der Waals surface area contributed by atoms with Gasteiger partial charge in [0.2, 0.25) is 0 Å². The van der Waals surface area contributed by atoms with Crippen LogP contribution in [0.3, 0.4) is 0 Å². The first kappa shape index (κ1) is 9.54. The first-order valence-electron chi connectivity index (χ1n) is 3.41. The van der Waals surface area contributed by atoms with Gasteiger partial charge >= 0.3 is 7.12 Å². The fraction of sp³-hybridized carbons (Fsp3) is 0.143. The summed E-state index contributed by atoms with van der Waals surface area (Å²) in [6.07, 6.45) is 0. The van der Waals surface area contributed by atoms with E-state index in [0.29, 0.717) is 5.56 Å². The summed E-state index contributed by atoms with van der Waals surface area (Å²) < 4.78 is 0. The lowest BCUT2D eigenvalue weighted by atomic mass is 9.79. The van der Waals surface area contributed by atoms with Gasteiger partial charge < -0.3 is 15.2 Å². The van der Waals surface area contributed by atoms with Crippen molar-refractivity contribution in [3.05, 3.63) is 28.8 Å². The molecule has 5 heteroatoms. The summed E-state index contributed by atoms with van der Waals surface area (Å²) in [6, 6.07) is 4.71. The zero-order valence-corrected chi connectivity index (χ0v) is 6.99. The van der Waals surface area contributed by atoms with Gasteiger partial charge in [-0.05, 0) is 5.56 Å². The Morgan fingerprint density at radius 1 is 1.33 bits per heavy atom. The highest BCUT2D eigenvalue weighted by molar-refractivity contribution is 6.62. The summed E-state index contributed by atoms with van der Waals surface area (Å²) in [4.78, 5) is 0. The molecule has 12 heavy (non-hydrogen) atoms. The third-order valence-corrected chi connectivity index (χ3v) is 2.02. The van der Waals surface area contributed by atoms with Crippen LogP contribution in [0.25, 0.3) is 0 Å². The average molecular weight is 186 g/mol. The van der Waals surface area contributed by atoms with Crippen LogP contribution in [0.5, 0.6) is 0 Å². The van der Waals surface area contributed by atoms with Crippen LogP contribution in [0.1, 0.15) is 5.56 Å². The SMILES string of the molecule is OCc1cccc(B(O)O)c1Cl. The molecule has 0 unspecified atom stereocenters. The minimum Gasteiger partial charge on any atom is -0.423 e. The summed E-state index contributed by atoms with van der Waals surface area (Å²) in [7, 11) is -1.59. The maximum atomic E-state index is 8.81. The molecule has 0 saturated carbocycles. The molecule has 3 nitrogen and oxygen atoms in total. The van der Waals surface area contributed by atoms with Crippen LogP contribution >= 0.6 is 11.6 Å². The fourth-order valence-corrected chi connectivity index (χ4v) is 1.20. The van der Waals surface area contributed by atoms with Gasteiger partial charge in [0, 0.05) is 10.5 Å². The van der Waals surface area contributed by atoms with Crippen molar-refractivity contribution >= 4 is 24.2 Å². The average Bonchev–Trinajstić information content (AvgIpc) is 2.04. The zero-order chi connectivity index (χ0) is 9.14. The molecule has 0 spiro atoms. The predicted octanol–water partition coefficient (Wildman–Crippen LogP) is -0.488. The Labute approximate surface area is 75.4 Å². The van der Waals surface area contributed by atoms with E-state index in [1.807, 2.05) is 0 Å². The van der Waals surface area contributed by atoms with Crippen molar-refractivity contribution < 1.29 is 15.2 Å². The highest BCUT2D eigenvalue weighted by Crippen LogP contribution is 2.12. The Hall–Kier alpha value is -0.545. The smallest absolute Gasteiger partial charge is 0.423 e. The molecule has 0 aliphatic carbocycles. The minimum atomic E-state index is -1.59. The summed E-state index contributed by atoms with van der Waals surface area (Å²) in [5.41, 5.74) is 0.700. The van der Waals surface area contributed by atoms with Gasteiger partial charge in [0.25, 0.3) is 0 Å². The number of hydrogen-bond donors (Lipinski definition) is 3. The molecule has 0 amide bonds. The zero-order valence-electron chi connectivity index (χ0n) is 6.24. The molecule has 1 rings (SSSR count). The first-order valence-corrected chi connectivity index (χ1v) is 3.79. The molecule has 0 aliphatic rings. The number of aliphatic hydroxyl groups excluding tert-OH is 1. The lowest BCUT2D eigenvalue weighted by molar-refractivity contribution is 0.282. The largest absolute Gasteiger partial charge is 0.489 e. The quantitative estimate of drug-likeness (QED) is 0.546. The van der Waals surface area contributed by atoms with Crippen LogP contribution in [0.4, 0.5) is 0 Å². The van der Waals surface area contributed by atoms with Crippen molar-refractivity contribution in [3.63, 3.8) is 0 Å². The number of aliphatic hydroxyl groups is 1. The third-order valence-electron chi connectivity index (χ3n) is 1.56. The van der Waals surface area contributed by atoms with Gasteiger partial charge in [-0.25, -0.2) is 0 Å². The number of rotatable bonds is 2. The van der Waals surface area contributed by atoms with Crippen molar-refractivity contribution in [1.82, 2.24) is 0 Å². The Balaban J connectivity index is 3.14. The third kappa shape index (κ3) is 1.79. The van der Waals surface area contributed by atoms with Crippen LogP contribution in [0.2, 0.25) is 5.02 Å². The van der Waals surface area contributed by atoms with E-state index in [-0.39, 0.29) is 17.1 Å². The maximum absolute atomic E-state index is 8.81. The van der Waals surface area contributed by atoms with E-state index < -0.39 is 7.12 Å². The minimum absolute atomic E-state index is 0.204. The second-order valence-corrected chi connectivity index (χ2v) is 2.73. The van der Waals surface area contributed by atoms with Crippen molar-refractivity contribution in [2.75, 3.05) is 0 Å². The number of benzene rings is 1. The summed E-state index contributed by atoms with van der Waals surface area (Å²) in [5.74, 6) is 0. The van der Waals surface area contributed by atoms with Gasteiger partial charge in [0.1, 0.15) is 0 Å². The van der Waals surface area contributed by atoms with E-state index in [2.05, 4.69) is 0 Å². The molecule has 0 heterocycles. The first-order chi connectivity index (χ1) is 5.66. The lowest BCUT2D eigenvalue weighted by Gasteiger charge is -2.05. The van der Waals surface area contributed by atoms with Crippen molar-refractivity contribution in [1.29, 1.82) is 0 Å². The van der Waals surface area contributed by atoms with E-state index in [9.17, 15) is 0 Å². The highest BCUT2D eigenvalue weighted by Gasteiger charge is 2.16. The fourth-order valence-electron chi connectivity index (χ4n) is 0.921. The lowest BCUT2D eigenvalue weighted by Crippen LogP contribution is -2.31. The molecule has 1 aromatic carbocycles. The van der Waals surface area contributed by atoms with E-state index in [1.165, 1.54) is 6.07 Å². The molecule has 0 fully saturated rings. The molecular weight excluding hydrogens is 178 g/mol. The number of halogens is 1. The normalized spacial score (nSPS) is 10.0. The van der Waals surface area contributed by atoms with Crippen LogP contribution < -0.4 is 5.46 Å². The molecule has 0 saturated heterocycles. The van der Waals surface area contributed by atoms with Gasteiger partial charge in [-0.1, -0.05) is 29.8 Å². The standard InChI is InChI=1S/C7H8BClO3/c9-7-5(4-10)2-1-3-6(7)8(11)12/h1-3,10-12H,4H2. The Kier molecular flexibility index (Phi) is 3.11. The summed E-state index contributed by atoms with van der Waals surface area (Å²) in [6.45, 7) is -0.209. The van der Waals surface area contributed by atoms with Gasteiger partial charge in [0.05, 0.1) is 6.61 Å². The maximum Gasteiger partial charge on any atom is 0.489 e. The van der Waals surface area contributed by atoms with Crippen molar-refractivity contribution in [2.24, 2.45) is 0 Å². The summed E-state index contributed by atoms with van der Waals surface area (Å²) in [5, 5.41) is 26.6. The molecule has 64 valence electrons. The topological polar surface area (TPSA) is 60.7 Å². The predicted molar refractivity (Wildman–Crippen MR) is 47.2 cm³/mol. The van der Waals surface area contributed by atoms with Crippen LogP contribution in [-0.2, 0) is 6.61 Å². The van der Waals surface area contributed by atoms with Crippen LogP contribution in [0, 0.1) is 0 Å². The van der Waals surface area contributed by atoms with Gasteiger partial charge in [-0.15, -0.1) is 0 Å². The van der Waals surface area contributed by atoms with E-state index in [1.54, 1.807) is 12.1 Å². The molecule has 0 bridgehead atoms. The molecule has 0 aliphatic heterocycles. The monoisotopic (exact) mass is 186 g/mol. The second kappa shape index (κ2) is 3.91. The molecule has 3 N–H and O–H groups in total. The molecule has 0 aromatic heterocycles.